The van der Waals surface area contributed by atoms with E-state index >= 15 is 0 Å². The Morgan fingerprint density at radius 3 is 2.86 bits per heavy atom. The van der Waals surface area contributed by atoms with E-state index in [-0.39, 0.29) is 5.56 Å². The fraction of sp³-hybridized carbons (Fsp3) is 0.176. The summed E-state index contributed by atoms with van der Waals surface area (Å²) >= 11 is 6.11. The highest BCUT2D eigenvalue weighted by molar-refractivity contribution is 6.32. The Morgan fingerprint density at radius 1 is 1.23 bits per heavy atom. The molecule has 0 aliphatic heterocycles. The molecule has 22 heavy (non-hydrogen) atoms. The third-order valence-electron chi connectivity index (χ3n) is 3.41. The summed E-state index contributed by atoms with van der Waals surface area (Å²) in [5.74, 6) is 0.620. The van der Waals surface area contributed by atoms with Gasteiger partial charge in [0.15, 0.2) is 0 Å². The highest BCUT2D eigenvalue weighted by Gasteiger charge is 2.05. The van der Waals surface area contributed by atoms with Crippen molar-refractivity contribution in [1.29, 1.82) is 0 Å². The van der Waals surface area contributed by atoms with Crippen molar-refractivity contribution in [2.45, 2.75) is 13.5 Å². The van der Waals surface area contributed by atoms with Crippen LogP contribution in [0.25, 0.3) is 10.9 Å². The van der Waals surface area contributed by atoms with Gasteiger partial charge in [0.05, 0.1) is 28.8 Å². The lowest BCUT2D eigenvalue weighted by atomic mass is 10.2. The molecule has 3 aromatic rings. The second-order valence-electron chi connectivity index (χ2n) is 5.04. The fourth-order valence-electron chi connectivity index (χ4n) is 2.24. The first-order valence-corrected chi connectivity index (χ1v) is 7.36. The Morgan fingerprint density at radius 2 is 2.05 bits per heavy atom. The molecule has 0 amide bonds. The van der Waals surface area contributed by atoms with Crippen molar-refractivity contribution < 1.29 is 4.74 Å². The van der Waals surface area contributed by atoms with Crippen LogP contribution in [0, 0.1) is 6.92 Å². The van der Waals surface area contributed by atoms with Crippen LogP contribution in [0.5, 0.6) is 5.75 Å². The molecule has 0 saturated heterocycles. The van der Waals surface area contributed by atoms with Crippen LogP contribution in [0.1, 0.15) is 5.56 Å². The molecule has 0 N–H and O–H groups in total. The molecule has 0 bridgehead atoms. The van der Waals surface area contributed by atoms with Crippen molar-refractivity contribution >= 4 is 22.5 Å². The largest absolute Gasteiger partial charge is 0.490 e. The molecule has 0 saturated carbocycles. The molecule has 1 aromatic heterocycles. The second-order valence-corrected chi connectivity index (χ2v) is 5.45. The average molecular weight is 315 g/mol. The number of rotatable bonds is 4. The van der Waals surface area contributed by atoms with Gasteiger partial charge in [-0.25, -0.2) is 4.98 Å². The van der Waals surface area contributed by atoms with E-state index < -0.39 is 0 Å². The lowest BCUT2D eigenvalue weighted by Gasteiger charge is -2.10. The van der Waals surface area contributed by atoms with Gasteiger partial charge in [0.25, 0.3) is 5.56 Å². The second kappa shape index (κ2) is 6.20. The molecule has 0 spiro atoms. The number of ether oxygens (including phenoxy) is 1. The molecule has 0 radical (unpaired) electrons. The number of hydrogen-bond donors (Lipinski definition) is 0. The SMILES string of the molecule is Cc1ccc(OCCn2cnc3ccccc3c2=O)c(Cl)c1. The molecule has 0 aliphatic carbocycles. The predicted molar refractivity (Wildman–Crippen MR) is 87.7 cm³/mol. The highest BCUT2D eigenvalue weighted by atomic mass is 35.5. The summed E-state index contributed by atoms with van der Waals surface area (Å²) in [4.78, 5) is 16.6. The van der Waals surface area contributed by atoms with Crippen molar-refractivity contribution in [3.05, 3.63) is 69.7 Å². The van der Waals surface area contributed by atoms with Gasteiger partial charge in [-0.05, 0) is 36.8 Å². The van der Waals surface area contributed by atoms with Crippen LogP contribution in [-0.4, -0.2) is 16.2 Å². The minimum Gasteiger partial charge on any atom is -0.490 e. The van der Waals surface area contributed by atoms with Gasteiger partial charge in [-0.3, -0.25) is 9.36 Å². The number of nitrogens with zero attached hydrogens (tertiary/aromatic N) is 2. The zero-order valence-corrected chi connectivity index (χ0v) is 12.9. The molecule has 112 valence electrons. The van der Waals surface area contributed by atoms with Crippen molar-refractivity contribution in [2.75, 3.05) is 6.61 Å². The summed E-state index contributed by atoms with van der Waals surface area (Å²) in [6.07, 6.45) is 1.55. The van der Waals surface area contributed by atoms with Gasteiger partial charge < -0.3 is 4.74 Å². The standard InChI is InChI=1S/C17H15ClN2O2/c1-12-6-7-16(14(18)10-12)22-9-8-20-11-19-15-5-3-2-4-13(15)17(20)21/h2-7,10-11H,8-9H2,1H3. The van der Waals surface area contributed by atoms with E-state index in [4.69, 9.17) is 16.3 Å². The van der Waals surface area contributed by atoms with Crippen LogP contribution >= 0.6 is 11.6 Å². The van der Waals surface area contributed by atoms with Crippen LogP contribution < -0.4 is 10.3 Å². The maximum absolute atomic E-state index is 12.3. The number of aromatic nitrogens is 2. The third-order valence-corrected chi connectivity index (χ3v) is 3.70. The number of fused-ring (bicyclic) bond motifs is 1. The zero-order chi connectivity index (χ0) is 15.5. The first kappa shape index (κ1) is 14.6. The maximum atomic E-state index is 12.3. The number of hydrogen-bond acceptors (Lipinski definition) is 3. The fourth-order valence-corrected chi connectivity index (χ4v) is 2.53. The van der Waals surface area contributed by atoms with Crippen molar-refractivity contribution in [2.24, 2.45) is 0 Å². The van der Waals surface area contributed by atoms with Crippen LogP contribution in [-0.2, 0) is 6.54 Å². The molecule has 0 fully saturated rings. The number of para-hydroxylation sites is 1. The normalized spacial score (nSPS) is 10.8. The summed E-state index contributed by atoms with van der Waals surface area (Å²) in [5, 5.41) is 1.18. The quantitative estimate of drug-likeness (QED) is 0.741. The minimum atomic E-state index is -0.0656. The average Bonchev–Trinajstić information content (AvgIpc) is 2.52. The molecule has 1 heterocycles. The Bertz CT molecular complexity index is 874. The van der Waals surface area contributed by atoms with Crippen molar-refractivity contribution in [3.63, 3.8) is 0 Å². The lowest BCUT2D eigenvalue weighted by molar-refractivity contribution is 0.296. The Hall–Kier alpha value is -2.33. The number of halogens is 1. The smallest absolute Gasteiger partial charge is 0.261 e. The van der Waals surface area contributed by atoms with Gasteiger partial charge >= 0.3 is 0 Å². The zero-order valence-electron chi connectivity index (χ0n) is 12.1. The summed E-state index contributed by atoms with van der Waals surface area (Å²) in [6, 6.07) is 12.9. The molecule has 3 rings (SSSR count). The lowest BCUT2D eigenvalue weighted by Crippen LogP contribution is -2.23. The number of benzene rings is 2. The van der Waals surface area contributed by atoms with E-state index in [1.54, 1.807) is 17.0 Å². The van der Waals surface area contributed by atoms with Gasteiger partial charge in [0, 0.05) is 0 Å². The van der Waals surface area contributed by atoms with E-state index in [0.29, 0.717) is 34.8 Å². The van der Waals surface area contributed by atoms with E-state index in [1.165, 1.54) is 0 Å². The Balaban J connectivity index is 1.74. The number of aryl methyl sites for hydroxylation is 1. The van der Waals surface area contributed by atoms with E-state index in [0.717, 1.165) is 5.56 Å². The molecule has 5 heteroatoms. The van der Waals surface area contributed by atoms with Crippen LogP contribution in [0.3, 0.4) is 0 Å². The van der Waals surface area contributed by atoms with Crippen LogP contribution in [0.4, 0.5) is 0 Å². The molecular weight excluding hydrogens is 300 g/mol. The molecule has 0 unspecified atom stereocenters. The first-order valence-electron chi connectivity index (χ1n) is 6.98. The predicted octanol–water partition coefficient (Wildman–Crippen LogP) is 3.44. The van der Waals surface area contributed by atoms with Crippen molar-refractivity contribution in [3.8, 4) is 5.75 Å². The first-order chi connectivity index (χ1) is 10.6. The topological polar surface area (TPSA) is 44.1 Å². The molecule has 0 atom stereocenters. The van der Waals surface area contributed by atoms with Gasteiger partial charge in [-0.15, -0.1) is 0 Å². The van der Waals surface area contributed by atoms with Crippen molar-refractivity contribution in [1.82, 2.24) is 9.55 Å². The monoisotopic (exact) mass is 314 g/mol. The van der Waals surface area contributed by atoms with Gasteiger partial charge in [-0.1, -0.05) is 29.8 Å². The van der Waals surface area contributed by atoms with E-state index in [1.807, 2.05) is 43.3 Å². The third kappa shape index (κ3) is 2.97. The maximum Gasteiger partial charge on any atom is 0.261 e. The van der Waals surface area contributed by atoms with E-state index in [2.05, 4.69) is 4.98 Å². The van der Waals surface area contributed by atoms with Crippen LogP contribution in [0.2, 0.25) is 5.02 Å². The van der Waals surface area contributed by atoms with Gasteiger partial charge in [-0.2, -0.15) is 0 Å². The summed E-state index contributed by atoms with van der Waals surface area (Å²) in [5.41, 5.74) is 1.71. The van der Waals surface area contributed by atoms with Gasteiger partial charge in [0.1, 0.15) is 12.4 Å². The van der Waals surface area contributed by atoms with Crippen LogP contribution in [0.15, 0.2) is 53.6 Å². The Kier molecular flexibility index (Phi) is 4.11. The highest BCUT2D eigenvalue weighted by Crippen LogP contribution is 2.24. The Labute approximate surface area is 132 Å². The summed E-state index contributed by atoms with van der Waals surface area (Å²) < 4.78 is 7.19. The van der Waals surface area contributed by atoms with E-state index in [9.17, 15) is 4.79 Å². The molecule has 0 aliphatic rings. The molecule has 2 aromatic carbocycles. The summed E-state index contributed by atoms with van der Waals surface area (Å²) in [6.45, 7) is 2.74. The minimum absolute atomic E-state index is 0.0656. The van der Waals surface area contributed by atoms with Gasteiger partial charge in [0.2, 0.25) is 0 Å². The molecule has 4 nitrogen and oxygen atoms in total. The molecular formula is C17H15ClN2O2. The summed E-state index contributed by atoms with van der Waals surface area (Å²) in [7, 11) is 0.